The van der Waals surface area contributed by atoms with Gasteiger partial charge in [-0.05, 0) is 25.3 Å². The maximum Gasteiger partial charge on any atom is 0.111 e. The molecule has 28 heavy (non-hydrogen) atoms. The van der Waals surface area contributed by atoms with Crippen molar-refractivity contribution in [2.24, 2.45) is 35.0 Å². The van der Waals surface area contributed by atoms with Gasteiger partial charge in [-0.3, -0.25) is 4.90 Å². The number of nitrogens with zero attached hydrogens (tertiary/aromatic N) is 1. The van der Waals surface area contributed by atoms with Crippen LogP contribution in [0.2, 0.25) is 0 Å². The molecule has 13 atom stereocenters. The van der Waals surface area contributed by atoms with Crippen molar-refractivity contribution in [1.29, 1.82) is 0 Å². The number of fused-ring (bicyclic) bond motifs is 2. The first-order valence-electron chi connectivity index (χ1n) is 11.3. The molecule has 0 aromatic carbocycles. The van der Waals surface area contributed by atoms with E-state index in [4.69, 9.17) is 14.2 Å². The van der Waals surface area contributed by atoms with Gasteiger partial charge in [-0.15, -0.1) is 0 Å². The summed E-state index contributed by atoms with van der Waals surface area (Å²) in [6.45, 7) is 4.16. The number of hydrogen-bond acceptors (Lipinski definition) is 6. The van der Waals surface area contributed by atoms with E-state index in [-0.39, 0.29) is 59.2 Å². The SMILES string of the molecule is CCN1C[C@]23O[C@H]2C[C@H](O)[C@]24C1[C@H](C[C@H]32)[C@@]1(O)C[C@H](OC)[C@H]2C[C@@H]4[C@@H]1[C@H]2OC. The highest BCUT2D eigenvalue weighted by molar-refractivity contribution is 5.37. The maximum absolute atomic E-state index is 12.3. The zero-order valence-corrected chi connectivity index (χ0v) is 17.1. The van der Waals surface area contributed by atoms with Crippen LogP contribution in [0.15, 0.2) is 0 Å². The highest BCUT2D eigenvalue weighted by Crippen LogP contribution is 2.80. The highest BCUT2D eigenvalue weighted by Gasteiger charge is 2.88. The minimum atomic E-state index is -0.769. The fraction of sp³-hybridized carbons (Fsp3) is 1.00. The monoisotopic (exact) mass is 391 g/mol. The summed E-state index contributed by atoms with van der Waals surface area (Å²) < 4.78 is 18.4. The minimum absolute atomic E-state index is 0.0308. The van der Waals surface area contributed by atoms with E-state index in [2.05, 4.69) is 11.8 Å². The van der Waals surface area contributed by atoms with Gasteiger partial charge < -0.3 is 24.4 Å². The molecule has 2 heterocycles. The molecule has 2 saturated heterocycles. The predicted molar refractivity (Wildman–Crippen MR) is 99.5 cm³/mol. The van der Waals surface area contributed by atoms with Gasteiger partial charge in [0, 0.05) is 68.7 Å². The van der Waals surface area contributed by atoms with E-state index in [9.17, 15) is 10.2 Å². The Kier molecular flexibility index (Phi) is 3.10. The van der Waals surface area contributed by atoms with Crippen molar-refractivity contribution in [2.45, 2.75) is 74.3 Å². The van der Waals surface area contributed by atoms with Crippen LogP contribution >= 0.6 is 0 Å². The fourth-order valence-corrected chi connectivity index (χ4v) is 10.3. The van der Waals surface area contributed by atoms with E-state index in [0.717, 1.165) is 32.4 Å². The van der Waals surface area contributed by atoms with E-state index in [1.807, 2.05) is 0 Å². The lowest BCUT2D eigenvalue weighted by molar-refractivity contribution is -0.254. The lowest BCUT2D eigenvalue weighted by Crippen LogP contribution is -2.75. The minimum Gasteiger partial charge on any atom is -0.392 e. The first kappa shape index (κ1) is 17.4. The van der Waals surface area contributed by atoms with Crippen molar-refractivity contribution in [3.63, 3.8) is 0 Å². The molecule has 7 aliphatic rings. The summed E-state index contributed by atoms with van der Waals surface area (Å²) in [4.78, 5) is 2.57. The topological polar surface area (TPSA) is 74.7 Å². The van der Waals surface area contributed by atoms with E-state index in [1.54, 1.807) is 14.2 Å². The number of hydrogen-bond donors (Lipinski definition) is 2. The average Bonchev–Trinajstić information content (AvgIpc) is 3.14. The van der Waals surface area contributed by atoms with Gasteiger partial charge in [0.1, 0.15) is 5.60 Å². The number of ether oxygens (including phenoxy) is 3. The van der Waals surface area contributed by atoms with Gasteiger partial charge in [-0.25, -0.2) is 0 Å². The van der Waals surface area contributed by atoms with Crippen LogP contribution < -0.4 is 0 Å². The van der Waals surface area contributed by atoms with Gasteiger partial charge in [0.25, 0.3) is 0 Å². The number of aliphatic hydroxyl groups excluding tert-OH is 1. The van der Waals surface area contributed by atoms with Gasteiger partial charge >= 0.3 is 0 Å². The molecule has 7 rings (SSSR count). The lowest BCUT2D eigenvalue weighted by atomic mass is 9.46. The molecule has 7 bridgehead atoms. The molecule has 0 aromatic heterocycles. The van der Waals surface area contributed by atoms with Crippen molar-refractivity contribution in [1.82, 2.24) is 4.90 Å². The number of aliphatic hydroxyl groups is 2. The molecule has 0 amide bonds. The van der Waals surface area contributed by atoms with Crippen LogP contribution in [0.5, 0.6) is 0 Å². The lowest BCUT2D eigenvalue weighted by Gasteiger charge is -2.65. The Balaban J connectivity index is 1.47. The second-order valence-electron chi connectivity index (χ2n) is 10.9. The summed E-state index contributed by atoms with van der Waals surface area (Å²) >= 11 is 0. The third kappa shape index (κ3) is 1.50. The number of piperidine rings is 1. The summed E-state index contributed by atoms with van der Waals surface area (Å²) in [5.41, 5.74) is -0.997. The van der Waals surface area contributed by atoms with Crippen molar-refractivity contribution < 1.29 is 24.4 Å². The number of epoxide rings is 1. The molecule has 2 N–H and O–H groups in total. The molecular weight excluding hydrogens is 358 g/mol. The Bertz CT molecular complexity index is 734. The standard InChI is InChI=1S/C22H33NO5/c1-4-23-9-21-14-6-12-19(23)22(14,15(24)7-16(21)28-21)11-5-10-13(26-2)8-20(12,25)17(11)18(10)27-3/h10-19,24-25H,4-9H2,1-3H3/t10-,11-,12+,13+,14-,15+,16+,17-,18+,19?,20+,21-,22-/m1/s1. The first-order valence-corrected chi connectivity index (χ1v) is 11.3. The summed E-state index contributed by atoms with van der Waals surface area (Å²) in [6, 6.07) is 0.256. The molecule has 6 heteroatoms. The molecule has 0 radical (unpaired) electrons. The van der Waals surface area contributed by atoms with Crippen molar-refractivity contribution in [3.8, 4) is 0 Å². The smallest absolute Gasteiger partial charge is 0.111 e. The van der Waals surface area contributed by atoms with Crippen LogP contribution in [0.3, 0.4) is 0 Å². The quantitative estimate of drug-likeness (QED) is 0.688. The number of rotatable bonds is 3. The number of methoxy groups -OCH3 is 2. The molecule has 2 aliphatic heterocycles. The Morgan fingerprint density at radius 1 is 1.14 bits per heavy atom. The summed E-state index contributed by atoms with van der Waals surface area (Å²) in [5, 5.41) is 24.0. The van der Waals surface area contributed by atoms with Crippen LogP contribution in [-0.2, 0) is 14.2 Å². The van der Waals surface area contributed by atoms with E-state index < -0.39 is 5.60 Å². The van der Waals surface area contributed by atoms with Gasteiger partial charge in [-0.2, -0.15) is 0 Å². The van der Waals surface area contributed by atoms with Crippen LogP contribution in [0.1, 0.15) is 32.6 Å². The second kappa shape index (κ2) is 4.97. The van der Waals surface area contributed by atoms with Crippen LogP contribution in [0, 0.1) is 35.0 Å². The molecule has 5 saturated carbocycles. The Labute approximate surface area is 166 Å². The molecular formula is C22H33NO5. The zero-order valence-electron chi connectivity index (χ0n) is 17.1. The van der Waals surface area contributed by atoms with Crippen LogP contribution in [0.25, 0.3) is 0 Å². The molecule has 156 valence electrons. The highest BCUT2D eigenvalue weighted by atomic mass is 16.6. The second-order valence-corrected chi connectivity index (χ2v) is 10.9. The van der Waals surface area contributed by atoms with Gasteiger partial charge in [0.2, 0.25) is 0 Å². The Morgan fingerprint density at radius 2 is 1.96 bits per heavy atom. The van der Waals surface area contributed by atoms with Crippen LogP contribution in [-0.4, -0.2) is 84.1 Å². The van der Waals surface area contributed by atoms with Gasteiger partial charge in [-0.1, -0.05) is 6.92 Å². The van der Waals surface area contributed by atoms with E-state index >= 15 is 0 Å². The summed E-state index contributed by atoms with van der Waals surface area (Å²) in [5.74, 6) is 1.26. The molecule has 5 aliphatic carbocycles. The summed E-state index contributed by atoms with van der Waals surface area (Å²) in [7, 11) is 3.58. The molecule has 6 nitrogen and oxygen atoms in total. The third-order valence-electron chi connectivity index (χ3n) is 10.9. The van der Waals surface area contributed by atoms with Gasteiger partial charge in [0.15, 0.2) is 0 Å². The van der Waals surface area contributed by atoms with E-state index in [1.165, 1.54) is 0 Å². The first-order chi connectivity index (χ1) is 13.5. The average molecular weight is 392 g/mol. The van der Waals surface area contributed by atoms with Crippen molar-refractivity contribution >= 4 is 0 Å². The zero-order chi connectivity index (χ0) is 19.2. The molecule has 2 spiro atoms. The molecule has 1 unspecified atom stereocenters. The predicted octanol–water partition coefficient (Wildman–Crippen LogP) is 0.646. The Morgan fingerprint density at radius 3 is 2.68 bits per heavy atom. The fourth-order valence-electron chi connectivity index (χ4n) is 10.3. The maximum atomic E-state index is 12.3. The van der Waals surface area contributed by atoms with Gasteiger partial charge in [0.05, 0.1) is 30.0 Å². The Hall–Kier alpha value is -0.240. The number of likely N-dealkylation sites (tertiary alicyclic amines) is 1. The molecule has 0 aromatic rings. The van der Waals surface area contributed by atoms with Crippen LogP contribution in [0.4, 0.5) is 0 Å². The van der Waals surface area contributed by atoms with E-state index in [0.29, 0.717) is 18.3 Å². The van der Waals surface area contributed by atoms with Crippen molar-refractivity contribution in [3.05, 3.63) is 0 Å². The summed E-state index contributed by atoms with van der Waals surface area (Å²) in [6.07, 6.45) is 3.41. The number of likely N-dealkylation sites (N-methyl/N-ethyl adjacent to an activating group) is 1. The molecule has 7 fully saturated rings. The van der Waals surface area contributed by atoms with Crippen molar-refractivity contribution in [2.75, 3.05) is 27.3 Å². The largest absolute Gasteiger partial charge is 0.392 e. The third-order valence-corrected chi connectivity index (χ3v) is 10.9. The normalized spacial score (nSPS) is 68.0.